The van der Waals surface area contributed by atoms with Gasteiger partial charge in [-0.15, -0.1) is 5.10 Å². The largest absolute Gasteiger partial charge is 0.509 e. The van der Waals surface area contributed by atoms with E-state index in [9.17, 15) is 48.3 Å². The van der Waals surface area contributed by atoms with Crippen molar-refractivity contribution in [1.82, 2.24) is 50.7 Å². The van der Waals surface area contributed by atoms with E-state index in [0.29, 0.717) is 61.4 Å². The zero-order chi connectivity index (χ0) is 59.4. The lowest BCUT2D eigenvalue weighted by molar-refractivity contribution is -0.175. The van der Waals surface area contributed by atoms with Crippen LogP contribution in [0.3, 0.4) is 0 Å². The number of carbonyl (C=O) groups is 8. The first-order valence-corrected chi connectivity index (χ1v) is 28.6. The van der Waals surface area contributed by atoms with Crippen molar-refractivity contribution in [3.05, 3.63) is 80.9 Å². The highest BCUT2D eigenvalue weighted by atomic mass is 16.7. The standard InChI is InChI=1S/C58H74N10O15/c1-6-9-10-11-45(61-49(71)33-80-32-48(70)59-20-22-79-23-21-66-28-37(64-65-66)26-60-53(74)36-14-12-35(13-15-36)27-68-50(72)18-19-51(68)73)54(75)63-46(34(4)5)31-82-57(78)83-58(8-3)43-25-47-52-41(29-67(47)55(76)42(43)30-81-56(58)77)39(7-2)40-24-38(69)16-17-44(40)62-52/h16-19,24-25,28,34-36,45-46,69H,6-15,20-23,26-27,29-33H2,1-5H3,(H,59,70)(H,60,74)(H,61,71)(H,63,75). The maximum Gasteiger partial charge on any atom is 0.509 e. The van der Waals surface area contributed by atoms with Gasteiger partial charge >= 0.3 is 12.1 Å². The molecule has 25 heteroatoms. The summed E-state index contributed by atoms with van der Waals surface area (Å²) in [6, 6.07) is 4.77. The first kappa shape index (κ1) is 61.0. The third kappa shape index (κ3) is 14.6. The van der Waals surface area contributed by atoms with Gasteiger partial charge in [0.2, 0.25) is 29.2 Å². The topological polar surface area (TPSA) is 320 Å². The van der Waals surface area contributed by atoms with Crippen LogP contribution < -0.4 is 26.8 Å². The summed E-state index contributed by atoms with van der Waals surface area (Å²) in [6.07, 6.45) is 8.89. The molecule has 25 nitrogen and oxygen atoms in total. The maximum atomic E-state index is 14.2. The van der Waals surface area contributed by atoms with Gasteiger partial charge in [0.1, 0.15) is 43.9 Å². The quantitative estimate of drug-likeness (QED) is 0.0272. The van der Waals surface area contributed by atoms with E-state index in [1.54, 1.807) is 54.4 Å². The average Bonchev–Trinajstić information content (AvgIpc) is 2.35. The summed E-state index contributed by atoms with van der Waals surface area (Å²) in [7, 11) is 0. The van der Waals surface area contributed by atoms with E-state index in [0.717, 1.165) is 42.2 Å². The number of pyridine rings is 2. The molecule has 83 heavy (non-hydrogen) atoms. The van der Waals surface area contributed by atoms with Gasteiger partial charge in [0.05, 0.1) is 67.6 Å². The molecule has 3 atom stereocenters. The van der Waals surface area contributed by atoms with Crippen LogP contribution in [0, 0.1) is 17.8 Å². The Hall–Kier alpha value is -8.06. The monoisotopic (exact) mass is 1150 g/mol. The van der Waals surface area contributed by atoms with Crippen LogP contribution in [0.2, 0.25) is 0 Å². The molecule has 3 unspecified atom stereocenters. The second-order valence-corrected chi connectivity index (χ2v) is 21.7. The second kappa shape index (κ2) is 27.8. The third-order valence-corrected chi connectivity index (χ3v) is 15.7. The molecule has 8 rings (SSSR count). The number of cyclic esters (lactones) is 1. The van der Waals surface area contributed by atoms with Gasteiger partial charge in [-0.3, -0.25) is 38.5 Å². The fourth-order valence-electron chi connectivity index (χ4n) is 11.0. The number of aryl methyl sites for hydroxylation is 1. The minimum Gasteiger partial charge on any atom is -0.508 e. The van der Waals surface area contributed by atoms with E-state index in [2.05, 4.69) is 31.6 Å². The van der Waals surface area contributed by atoms with Crippen LogP contribution >= 0.6 is 0 Å². The highest BCUT2D eigenvalue weighted by Gasteiger charge is 2.51. The Morgan fingerprint density at radius 2 is 1.65 bits per heavy atom. The molecule has 5 N–H and O–H groups in total. The van der Waals surface area contributed by atoms with E-state index in [1.165, 1.54) is 23.1 Å². The number of unbranched alkanes of at least 4 members (excludes halogenated alkanes) is 2. The number of carbonyl (C=O) groups excluding carboxylic acids is 8. The third-order valence-electron chi connectivity index (χ3n) is 15.7. The molecule has 446 valence electrons. The predicted molar refractivity (Wildman–Crippen MR) is 296 cm³/mol. The Bertz CT molecular complexity index is 3160. The normalized spacial score (nSPS) is 18.7. The number of imide groups is 1. The van der Waals surface area contributed by atoms with Crippen molar-refractivity contribution in [2.45, 2.75) is 143 Å². The number of fused-ring (bicyclic) bond motifs is 5. The van der Waals surface area contributed by atoms with Crippen molar-refractivity contribution in [3.63, 3.8) is 0 Å². The number of aromatic hydroxyl groups is 1. The van der Waals surface area contributed by atoms with E-state index >= 15 is 0 Å². The molecule has 6 amide bonds. The van der Waals surface area contributed by atoms with Crippen LogP contribution in [0.1, 0.15) is 120 Å². The molecular formula is C58H74N10O15. The SMILES string of the molecule is CCCCCC(NC(=O)COCC(=O)NCCOCCn1cc(CNC(=O)C2CCC(CN3C(=O)C=CC3=O)CC2)nn1)C(=O)NC(COC(=O)OC1(CC)C(=O)OCc2c1cc1n(c2=O)Cc2c-1nc1ccc(O)cc1c2CC)C(C)C. The summed E-state index contributed by atoms with van der Waals surface area (Å²) in [5, 5.41) is 30.4. The molecular weight excluding hydrogens is 1080 g/mol. The van der Waals surface area contributed by atoms with Gasteiger partial charge in [-0.1, -0.05) is 59.1 Å². The number of esters is 1. The first-order chi connectivity index (χ1) is 39.9. The van der Waals surface area contributed by atoms with E-state index in [4.69, 9.17) is 28.7 Å². The van der Waals surface area contributed by atoms with Gasteiger partial charge in [0, 0.05) is 47.7 Å². The molecule has 1 aromatic carbocycles. The van der Waals surface area contributed by atoms with Gasteiger partial charge in [0.15, 0.2) is 0 Å². The number of benzene rings is 1. The zero-order valence-electron chi connectivity index (χ0n) is 47.6. The Kier molecular flexibility index (Phi) is 20.4. The summed E-state index contributed by atoms with van der Waals surface area (Å²) in [5.41, 5.74) is 1.72. The smallest absolute Gasteiger partial charge is 0.508 e. The van der Waals surface area contributed by atoms with Gasteiger partial charge in [-0.05, 0) is 86.6 Å². The Balaban J connectivity index is 0.745. The fraction of sp³-hybridized carbons (Fsp3) is 0.552. The van der Waals surface area contributed by atoms with Crippen molar-refractivity contribution in [2.24, 2.45) is 17.8 Å². The molecule has 1 fully saturated rings. The van der Waals surface area contributed by atoms with Gasteiger partial charge in [-0.2, -0.15) is 0 Å². The van der Waals surface area contributed by atoms with Crippen molar-refractivity contribution < 1.29 is 67.1 Å². The highest BCUT2D eigenvalue weighted by molar-refractivity contribution is 6.12. The van der Waals surface area contributed by atoms with Gasteiger partial charge in [0.25, 0.3) is 17.4 Å². The van der Waals surface area contributed by atoms with Crippen molar-refractivity contribution in [3.8, 4) is 17.1 Å². The summed E-state index contributed by atoms with van der Waals surface area (Å²) >= 11 is 0. The molecule has 4 aromatic rings. The van der Waals surface area contributed by atoms with Crippen LogP contribution in [0.15, 0.2) is 47.4 Å². The number of nitrogens with one attached hydrogen (secondary N) is 4. The van der Waals surface area contributed by atoms with Crippen LogP contribution in [0.25, 0.3) is 22.3 Å². The molecule has 1 saturated carbocycles. The number of aromatic nitrogens is 5. The van der Waals surface area contributed by atoms with E-state index in [1.807, 2.05) is 13.8 Å². The minimum atomic E-state index is -2.05. The maximum absolute atomic E-state index is 14.2. The number of amides is 6. The number of phenols is 1. The summed E-state index contributed by atoms with van der Waals surface area (Å²) in [5.74, 6) is -3.38. The number of rotatable bonds is 28. The van der Waals surface area contributed by atoms with Gasteiger partial charge < -0.3 is 54.6 Å². The number of hydrogen-bond donors (Lipinski definition) is 5. The molecule has 4 aliphatic rings. The van der Waals surface area contributed by atoms with Gasteiger partial charge in [-0.25, -0.2) is 19.3 Å². The summed E-state index contributed by atoms with van der Waals surface area (Å²) in [4.78, 5) is 124. The molecule has 3 aliphatic heterocycles. The summed E-state index contributed by atoms with van der Waals surface area (Å²) in [6.45, 7) is 9.32. The van der Waals surface area contributed by atoms with E-state index in [-0.39, 0.29) is 111 Å². The van der Waals surface area contributed by atoms with Crippen LogP contribution in [-0.2, 0) is 95.5 Å². The minimum absolute atomic E-state index is 0.0743. The Labute approximate surface area is 479 Å². The number of phenolic OH excluding ortho intramolecular Hbond substituents is 1. The number of nitrogens with zero attached hydrogens (tertiary/aromatic N) is 6. The average molecular weight is 1150 g/mol. The predicted octanol–water partition coefficient (Wildman–Crippen LogP) is 3.50. The lowest BCUT2D eigenvalue weighted by Crippen LogP contribution is -2.53. The van der Waals surface area contributed by atoms with Crippen LogP contribution in [-0.4, -0.2) is 140 Å². The highest BCUT2D eigenvalue weighted by Crippen LogP contribution is 2.43. The van der Waals surface area contributed by atoms with Crippen molar-refractivity contribution in [1.29, 1.82) is 0 Å². The molecule has 0 bridgehead atoms. The number of hydrogen-bond acceptors (Lipinski definition) is 18. The summed E-state index contributed by atoms with van der Waals surface area (Å²) < 4.78 is 31.1. The molecule has 0 radical (unpaired) electrons. The second-order valence-electron chi connectivity index (χ2n) is 21.7. The lowest BCUT2D eigenvalue weighted by Gasteiger charge is -2.35. The Morgan fingerprint density at radius 3 is 2.37 bits per heavy atom. The first-order valence-electron chi connectivity index (χ1n) is 28.6. The number of ether oxygens (including phenoxy) is 5. The van der Waals surface area contributed by atoms with Crippen LogP contribution in [0.5, 0.6) is 5.75 Å². The Morgan fingerprint density at radius 1 is 0.892 bits per heavy atom. The zero-order valence-corrected chi connectivity index (χ0v) is 47.6. The van der Waals surface area contributed by atoms with Crippen molar-refractivity contribution in [2.75, 3.05) is 46.1 Å². The molecule has 6 heterocycles. The lowest BCUT2D eigenvalue weighted by atomic mass is 9.81. The molecule has 0 spiro atoms. The van der Waals surface area contributed by atoms with E-state index < -0.39 is 66.3 Å². The van der Waals surface area contributed by atoms with Crippen LogP contribution in [0.4, 0.5) is 4.79 Å². The molecule has 1 aliphatic carbocycles. The van der Waals surface area contributed by atoms with Crippen molar-refractivity contribution >= 4 is 58.5 Å². The fourth-order valence-corrected chi connectivity index (χ4v) is 11.0. The molecule has 0 saturated heterocycles. The molecule has 3 aromatic heterocycles.